The Bertz CT molecular complexity index is 1240. The SMILES string of the molecule is COc1[c]cc2c(Nc3ccc(OCc4ccccn4)c(C)c3)nc(C(N)=O)nc2c1. The number of carbonyl (C=O) groups excluding carboxylic acids is 1. The molecule has 0 atom stereocenters. The van der Waals surface area contributed by atoms with Gasteiger partial charge in [-0.05, 0) is 48.9 Å². The van der Waals surface area contributed by atoms with Crippen LogP contribution in [0, 0.1) is 13.0 Å². The number of pyridine rings is 1. The Morgan fingerprint density at radius 3 is 2.77 bits per heavy atom. The number of aryl methyl sites for hydroxylation is 1. The van der Waals surface area contributed by atoms with Crippen molar-refractivity contribution in [3.05, 3.63) is 77.9 Å². The zero-order chi connectivity index (χ0) is 21.8. The van der Waals surface area contributed by atoms with E-state index in [-0.39, 0.29) is 5.82 Å². The van der Waals surface area contributed by atoms with Crippen LogP contribution in [-0.4, -0.2) is 28.0 Å². The van der Waals surface area contributed by atoms with Gasteiger partial charge >= 0.3 is 0 Å². The molecule has 0 bridgehead atoms. The van der Waals surface area contributed by atoms with Crippen LogP contribution in [0.1, 0.15) is 21.9 Å². The predicted molar refractivity (Wildman–Crippen MR) is 116 cm³/mol. The number of amides is 1. The monoisotopic (exact) mass is 414 g/mol. The highest BCUT2D eigenvalue weighted by molar-refractivity contribution is 5.97. The van der Waals surface area contributed by atoms with Gasteiger partial charge in [-0.1, -0.05) is 6.07 Å². The number of carbonyl (C=O) groups is 1. The molecular formula is C23H20N5O3. The maximum absolute atomic E-state index is 11.7. The van der Waals surface area contributed by atoms with Gasteiger partial charge in [-0.15, -0.1) is 0 Å². The van der Waals surface area contributed by atoms with Crippen LogP contribution in [0.15, 0.2) is 54.7 Å². The van der Waals surface area contributed by atoms with Crippen LogP contribution in [0.3, 0.4) is 0 Å². The molecule has 2 aromatic heterocycles. The Kier molecular flexibility index (Phi) is 5.61. The standard InChI is InChI=1S/C23H20N5O3/c1-14-11-15(6-9-20(14)31-13-16-5-3-4-10-25-16)26-22-18-8-7-17(30-2)12-19(18)27-23(28-22)21(24)29/h3-6,8-12H,13H2,1-2H3,(H2,24,29)(H,26,27,28). The second kappa shape index (κ2) is 8.66. The molecule has 3 N–H and O–H groups in total. The van der Waals surface area contributed by atoms with Crippen LogP contribution in [-0.2, 0) is 6.61 Å². The summed E-state index contributed by atoms with van der Waals surface area (Å²) in [4.78, 5) is 24.5. The fourth-order valence-electron chi connectivity index (χ4n) is 3.03. The van der Waals surface area contributed by atoms with Gasteiger partial charge in [0.1, 0.15) is 23.9 Å². The summed E-state index contributed by atoms with van der Waals surface area (Å²) in [5.74, 6) is 0.887. The Hall–Kier alpha value is -4.20. The summed E-state index contributed by atoms with van der Waals surface area (Å²) in [6, 6.07) is 17.7. The van der Waals surface area contributed by atoms with E-state index in [0.717, 1.165) is 22.7 Å². The van der Waals surface area contributed by atoms with Crippen molar-refractivity contribution in [1.82, 2.24) is 15.0 Å². The second-order valence-corrected chi connectivity index (χ2v) is 6.78. The summed E-state index contributed by atoms with van der Waals surface area (Å²) < 4.78 is 11.1. The zero-order valence-electron chi connectivity index (χ0n) is 17.0. The molecule has 2 heterocycles. The van der Waals surface area contributed by atoms with Gasteiger partial charge in [-0.3, -0.25) is 9.78 Å². The number of benzene rings is 2. The molecule has 0 spiro atoms. The van der Waals surface area contributed by atoms with Gasteiger partial charge in [-0.2, -0.15) is 0 Å². The summed E-state index contributed by atoms with van der Waals surface area (Å²) in [5, 5.41) is 3.91. The molecule has 0 aliphatic heterocycles. The Balaban J connectivity index is 1.61. The number of aromatic nitrogens is 3. The van der Waals surface area contributed by atoms with Crippen molar-refractivity contribution < 1.29 is 14.3 Å². The molecule has 0 unspecified atom stereocenters. The average molecular weight is 414 g/mol. The normalized spacial score (nSPS) is 10.6. The van der Waals surface area contributed by atoms with Gasteiger partial charge in [-0.25, -0.2) is 9.97 Å². The third-order valence-corrected chi connectivity index (χ3v) is 4.58. The largest absolute Gasteiger partial charge is 0.496 e. The minimum absolute atomic E-state index is 0.0877. The van der Waals surface area contributed by atoms with E-state index >= 15 is 0 Å². The van der Waals surface area contributed by atoms with Crippen molar-refractivity contribution in [3.8, 4) is 11.5 Å². The first-order chi connectivity index (χ1) is 15.0. The lowest BCUT2D eigenvalue weighted by Gasteiger charge is -2.13. The highest BCUT2D eigenvalue weighted by atomic mass is 16.5. The van der Waals surface area contributed by atoms with Crippen LogP contribution in [0.25, 0.3) is 10.9 Å². The zero-order valence-corrected chi connectivity index (χ0v) is 17.0. The number of fused-ring (bicyclic) bond motifs is 1. The van der Waals surface area contributed by atoms with E-state index < -0.39 is 5.91 Å². The van der Waals surface area contributed by atoms with Gasteiger partial charge in [0.2, 0.25) is 5.82 Å². The van der Waals surface area contributed by atoms with Gasteiger partial charge in [0.15, 0.2) is 0 Å². The molecule has 4 rings (SSSR count). The number of anilines is 2. The van der Waals surface area contributed by atoms with Gasteiger partial charge in [0, 0.05) is 29.4 Å². The number of rotatable bonds is 7. The van der Waals surface area contributed by atoms with E-state index in [1.807, 2.05) is 43.3 Å². The molecule has 8 nitrogen and oxygen atoms in total. The van der Waals surface area contributed by atoms with Gasteiger partial charge < -0.3 is 20.5 Å². The molecule has 1 radical (unpaired) electrons. The number of hydrogen-bond donors (Lipinski definition) is 2. The molecule has 0 saturated heterocycles. The summed E-state index contributed by atoms with van der Waals surface area (Å²) in [6.07, 6.45) is 1.73. The van der Waals surface area contributed by atoms with Crippen LogP contribution < -0.4 is 20.5 Å². The average Bonchev–Trinajstić information content (AvgIpc) is 2.78. The highest BCUT2D eigenvalue weighted by Gasteiger charge is 2.13. The lowest BCUT2D eigenvalue weighted by atomic mass is 10.2. The fraction of sp³-hybridized carbons (Fsp3) is 0.130. The number of ether oxygens (including phenoxy) is 2. The maximum atomic E-state index is 11.7. The van der Waals surface area contributed by atoms with Crippen molar-refractivity contribution in [1.29, 1.82) is 0 Å². The number of nitrogens with one attached hydrogen (secondary N) is 1. The van der Waals surface area contributed by atoms with Crippen LogP contribution in [0.2, 0.25) is 0 Å². The predicted octanol–water partition coefficient (Wildman–Crippen LogP) is 3.56. The van der Waals surface area contributed by atoms with Gasteiger partial charge in [0.05, 0.1) is 18.3 Å². The summed E-state index contributed by atoms with van der Waals surface area (Å²) in [5.41, 5.74) is 8.49. The number of methoxy groups -OCH3 is 1. The Morgan fingerprint density at radius 2 is 2.06 bits per heavy atom. The number of nitrogens with two attached hydrogens (primary N) is 1. The van der Waals surface area contributed by atoms with E-state index in [9.17, 15) is 4.79 Å². The summed E-state index contributed by atoms with van der Waals surface area (Å²) in [7, 11) is 1.53. The van der Waals surface area contributed by atoms with E-state index in [0.29, 0.717) is 29.1 Å². The molecule has 2 aromatic carbocycles. The highest BCUT2D eigenvalue weighted by Crippen LogP contribution is 2.29. The van der Waals surface area contributed by atoms with Crippen molar-refractivity contribution in [2.24, 2.45) is 5.73 Å². The first-order valence-corrected chi connectivity index (χ1v) is 9.51. The minimum atomic E-state index is -0.716. The van der Waals surface area contributed by atoms with Gasteiger partial charge in [0.25, 0.3) is 5.91 Å². The maximum Gasteiger partial charge on any atom is 0.286 e. The number of hydrogen-bond acceptors (Lipinski definition) is 7. The molecule has 8 heteroatoms. The van der Waals surface area contributed by atoms with Crippen LogP contribution in [0.5, 0.6) is 11.5 Å². The fourth-order valence-corrected chi connectivity index (χ4v) is 3.03. The van der Waals surface area contributed by atoms with Crippen molar-refractivity contribution in [2.45, 2.75) is 13.5 Å². The third-order valence-electron chi connectivity index (χ3n) is 4.58. The lowest BCUT2D eigenvalue weighted by molar-refractivity contribution is 0.0991. The van der Waals surface area contributed by atoms with E-state index in [1.54, 1.807) is 18.3 Å². The van der Waals surface area contributed by atoms with Crippen molar-refractivity contribution in [3.63, 3.8) is 0 Å². The third kappa shape index (κ3) is 4.53. The Labute approximate surface area is 179 Å². The van der Waals surface area contributed by atoms with Crippen LogP contribution >= 0.6 is 0 Å². The Morgan fingerprint density at radius 1 is 1.19 bits per heavy atom. The smallest absolute Gasteiger partial charge is 0.286 e. The van der Waals surface area contributed by atoms with E-state index in [1.165, 1.54) is 7.11 Å². The van der Waals surface area contributed by atoms with E-state index in [2.05, 4.69) is 26.3 Å². The minimum Gasteiger partial charge on any atom is -0.496 e. The van der Waals surface area contributed by atoms with Crippen molar-refractivity contribution >= 4 is 28.3 Å². The second-order valence-electron chi connectivity index (χ2n) is 6.78. The molecule has 155 valence electrons. The quantitative estimate of drug-likeness (QED) is 0.475. The first kappa shape index (κ1) is 20.1. The molecular weight excluding hydrogens is 394 g/mol. The molecule has 0 fully saturated rings. The molecule has 0 aliphatic carbocycles. The molecule has 31 heavy (non-hydrogen) atoms. The molecule has 0 saturated carbocycles. The van der Waals surface area contributed by atoms with E-state index in [4.69, 9.17) is 15.2 Å². The van der Waals surface area contributed by atoms with Crippen LogP contribution in [0.4, 0.5) is 11.5 Å². The summed E-state index contributed by atoms with van der Waals surface area (Å²) in [6.45, 7) is 2.33. The van der Waals surface area contributed by atoms with Crippen molar-refractivity contribution in [2.75, 3.05) is 12.4 Å². The molecule has 1 amide bonds. The molecule has 0 aliphatic rings. The summed E-state index contributed by atoms with van der Waals surface area (Å²) >= 11 is 0. The molecule has 4 aromatic rings. The topological polar surface area (TPSA) is 112 Å². The number of primary amides is 1. The lowest BCUT2D eigenvalue weighted by Crippen LogP contribution is -2.16. The first-order valence-electron chi connectivity index (χ1n) is 9.51. The number of nitrogens with zero attached hydrogens (tertiary/aromatic N) is 3.